The van der Waals surface area contributed by atoms with E-state index in [0.717, 1.165) is 12.1 Å². The van der Waals surface area contributed by atoms with Crippen molar-refractivity contribution < 1.29 is 31.2 Å². The first-order valence-corrected chi connectivity index (χ1v) is 9.46. The van der Waals surface area contributed by atoms with Crippen molar-refractivity contribution in [2.75, 3.05) is 6.54 Å². The Morgan fingerprint density at radius 2 is 1.77 bits per heavy atom. The lowest BCUT2D eigenvalue weighted by Crippen LogP contribution is -2.48. The van der Waals surface area contributed by atoms with E-state index in [1.54, 1.807) is 13.8 Å². The molecule has 0 aliphatic carbocycles. The number of benzene rings is 1. The maximum Gasteiger partial charge on any atom is 0.416 e. The van der Waals surface area contributed by atoms with Crippen LogP contribution in [0.2, 0.25) is 0 Å². The van der Waals surface area contributed by atoms with Gasteiger partial charge in [-0.3, -0.25) is 9.59 Å². The molecule has 26 heavy (non-hydrogen) atoms. The van der Waals surface area contributed by atoms with Gasteiger partial charge in [0.1, 0.15) is 6.04 Å². The average molecular weight is 392 g/mol. The minimum absolute atomic E-state index is 0.255. The zero-order valence-electron chi connectivity index (χ0n) is 14.2. The van der Waals surface area contributed by atoms with Gasteiger partial charge in [0.15, 0.2) is 0 Å². The summed E-state index contributed by atoms with van der Waals surface area (Å²) in [5.74, 6) is -1.46. The molecule has 0 aromatic heterocycles. The van der Waals surface area contributed by atoms with Crippen molar-refractivity contribution in [1.29, 1.82) is 0 Å². The number of alkyl halides is 3. The molecule has 10 heteroatoms. The van der Waals surface area contributed by atoms with Crippen LogP contribution in [0.25, 0.3) is 0 Å². The number of nitrogens with one attached hydrogen (secondary N) is 1. The Morgan fingerprint density at radius 3 is 2.27 bits per heavy atom. The third-order valence-corrected chi connectivity index (χ3v) is 5.42. The van der Waals surface area contributed by atoms with Gasteiger partial charge in [0, 0.05) is 12.5 Å². The van der Waals surface area contributed by atoms with Gasteiger partial charge in [-0.25, -0.2) is 13.1 Å². The monoisotopic (exact) mass is 392 g/mol. The molecule has 0 saturated carbocycles. The standard InChI is InChI=1S/C16H19F3N2O4S/c1-10(2)15(23)21-9-3-4-13(21)14(22)20-26(24,25)12-7-5-11(6-8-12)16(17,18)19/h5-8,10,13H,3-4,9H2,1-2H3,(H,20,22). The lowest BCUT2D eigenvalue weighted by molar-refractivity contribution is -0.140. The SMILES string of the molecule is CC(C)C(=O)N1CCCC1C(=O)NS(=O)(=O)c1ccc(C(F)(F)F)cc1. The van der Waals surface area contributed by atoms with Crippen molar-refractivity contribution in [3.63, 3.8) is 0 Å². The van der Waals surface area contributed by atoms with E-state index in [1.807, 2.05) is 4.72 Å². The highest BCUT2D eigenvalue weighted by molar-refractivity contribution is 7.90. The Morgan fingerprint density at radius 1 is 1.19 bits per heavy atom. The molecule has 1 aromatic rings. The lowest BCUT2D eigenvalue weighted by Gasteiger charge is -2.25. The van der Waals surface area contributed by atoms with E-state index in [-0.39, 0.29) is 11.8 Å². The molecule has 1 saturated heterocycles. The largest absolute Gasteiger partial charge is 0.416 e. The Kier molecular flexibility index (Phi) is 5.64. The molecular weight excluding hydrogens is 373 g/mol. The van der Waals surface area contributed by atoms with E-state index in [0.29, 0.717) is 31.5 Å². The first kappa shape index (κ1) is 20.2. The van der Waals surface area contributed by atoms with E-state index in [9.17, 15) is 31.2 Å². The van der Waals surface area contributed by atoms with Crippen molar-refractivity contribution >= 4 is 21.8 Å². The number of hydrogen-bond donors (Lipinski definition) is 1. The Hall–Kier alpha value is -2.10. The fraction of sp³-hybridized carbons (Fsp3) is 0.500. The van der Waals surface area contributed by atoms with Crippen molar-refractivity contribution in [2.45, 2.75) is 43.8 Å². The van der Waals surface area contributed by atoms with Crippen LogP contribution < -0.4 is 4.72 Å². The van der Waals surface area contributed by atoms with Crippen LogP contribution in [0.4, 0.5) is 13.2 Å². The van der Waals surface area contributed by atoms with E-state index < -0.39 is 38.6 Å². The molecule has 1 atom stereocenters. The number of likely N-dealkylation sites (tertiary alicyclic amines) is 1. The van der Waals surface area contributed by atoms with Crippen LogP contribution in [0.3, 0.4) is 0 Å². The first-order chi connectivity index (χ1) is 11.9. The average Bonchev–Trinajstić information content (AvgIpc) is 3.02. The lowest BCUT2D eigenvalue weighted by atomic mass is 10.1. The summed E-state index contributed by atoms with van der Waals surface area (Å²) in [6.45, 7) is 3.71. The van der Waals surface area contributed by atoms with Crippen molar-refractivity contribution in [2.24, 2.45) is 5.92 Å². The Balaban J connectivity index is 2.16. The summed E-state index contributed by atoms with van der Waals surface area (Å²) in [5, 5.41) is 0. The maximum absolute atomic E-state index is 12.6. The number of carbonyl (C=O) groups is 2. The quantitative estimate of drug-likeness (QED) is 0.851. The zero-order valence-corrected chi connectivity index (χ0v) is 15.0. The topological polar surface area (TPSA) is 83.6 Å². The summed E-state index contributed by atoms with van der Waals surface area (Å²) >= 11 is 0. The molecule has 0 radical (unpaired) electrons. The molecule has 0 bridgehead atoms. The second-order valence-electron chi connectivity index (χ2n) is 6.34. The molecule has 2 amide bonds. The second kappa shape index (κ2) is 7.26. The van der Waals surface area contributed by atoms with E-state index in [4.69, 9.17) is 0 Å². The normalized spacial score (nSPS) is 18.2. The van der Waals surface area contributed by atoms with Gasteiger partial charge in [-0.05, 0) is 37.1 Å². The van der Waals surface area contributed by atoms with Crippen molar-refractivity contribution in [1.82, 2.24) is 9.62 Å². The molecule has 1 heterocycles. The predicted molar refractivity (Wildman–Crippen MR) is 86.3 cm³/mol. The van der Waals surface area contributed by atoms with Crippen molar-refractivity contribution in [3.8, 4) is 0 Å². The fourth-order valence-electron chi connectivity index (χ4n) is 2.72. The molecule has 0 spiro atoms. The molecule has 6 nitrogen and oxygen atoms in total. The van der Waals surface area contributed by atoms with Gasteiger partial charge in [0.2, 0.25) is 5.91 Å². The van der Waals surface area contributed by atoms with Crippen LogP contribution in [-0.2, 0) is 25.8 Å². The molecular formula is C16H19F3N2O4S. The zero-order chi connectivity index (χ0) is 19.7. The molecule has 1 fully saturated rings. The van der Waals surface area contributed by atoms with Crippen LogP contribution >= 0.6 is 0 Å². The number of carbonyl (C=O) groups excluding carboxylic acids is 2. The highest BCUT2D eigenvalue weighted by Gasteiger charge is 2.37. The van der Waals surface area contributed by atoms with Gasteiger partial charge >= 0.3 is 6.18 Å². The smallest absolute Gasteiger partial charge is 0.330 e. The minimum atomic E-state index is -4.59. The molecule has 2 rings (SSSR count). The first-order valence-electron chi connectivity index (χ1n) is 7.98. The van der Waals surface area contributed by atoms with Gasteiger partial charge in [0.05, 0.1) is 10.5 Å². The van der Waals surface area contributed by atoms with E-state index in [2.05, 4.69) is 0 Å². The highest BCUT2D eigenvalue weighted by Crippen LogP contribution is 2.29. The van der Waals surface area contributed by atoms with Crippen LogP contribution in [-0.4, -0.2) is 37.7 Å². The summed E-state index contributed by atoms with van der Waals surface area (Å²) < 4.78 is 64.0. The minimum Gasteiger partial charge on any atom is -0.330 e. The molecule has 1 aliphatic heterocycles. The van der Waals surface area contributed by atoms with Crippen LogP contribution in [0.15, 0.2) is 29.2 Å². The number of amides is 2. The fourth-order valence-corrected chi connectivity index (χ4v) is 3.73. The number of nitrogens with zero attached hydrogens (tertiary/aromatic N) is 1. The predicted octanol–water partition coefficient (Wildman–Crippen LogP) is 2.16. The van der Waals surface area contributed by atoms with Gasteiger partial charge < -0.3 is 4.90 Å². The molecule has 1 N–H and O–H groups in total. The van der Waals surface area contributed by atoms with Crippen LogP contribution in [0, 0.1) is 5.92 Å². The van der Waals surface area contributed by atoms with Gasteiger partial charge in [-0.1, -0.05) is 13.8 Å². The Labute approximate surface area is 149 Å². The summed E-state index contributed by atoms with van der Waals surface area (Å²) in [6.07, 6.45) is -3.70. The Bertz CT molecular complexity index is 789. The summed E-state index contributed by atoms with van der Waals surface area (Å²) in [4.78, 5) is 25.3. The summed E-state index contributed by atoms with van der Waals surface area (Å²) in [7, 11) is -4.33. The third kappa shape index (κ3) is 4.35. The molecule has 144 valence electrons. The number of hydrogen-bond acceptors (Lipinski definition) is 4. The molecule has 1 unspecified atom stereocenters. The number of rotatable bonds is 4. The molecule has 1 aliphatic rings. The van der Waals surface area contributed by atoms with E-state index in [1.165, 1.54) is 4.90 Å². The maximum atomic E-state index is 12.6. The van der Waals surface area contributed by atoms with Crippen LogP contribution in [0.5, 0.6) is 0 Å². The van der Waals surface area contributed by atoms with Gasteiger partial charge in [-0.2, -0.15) is 13.2 Å². The number of sulfonamides is 1. The highest BCUT2D eigenvalue weighted by atomic mass is 32.2. The summed E-state index contributed by atoms with van der Waals surface area (Å²) in [6, 6.07) is 1.91. The molecule has 1 aromatic carbocycles. The van der Waals surface area contributed by atoms with Crippen LogP contribution in [0.1, 0.15) is 32.3 Å². The summed E-state index contributed by atoms with van der Waals surface area (Å²) in [5.41, 5.74) is -0.993. The third-order valence-electron chi connectivity index (χ3n) is 4.06. The van der Waals surface area contributed by atoms with E-state index >= 15 is 0 Å². The number of halogens is 3. The second-order valence-corrected chi connectivity index (χ2v) is 8.02. The van der Waals surface area contributed by atoms with Gasteiger partial charge in [0.25, 0.3) is 15.9 Å². The van der Waals surface area contributed by atoms with Gasteiger partial charge in [-0.15, -0.1) is 0 Å². The van der Waals surface area contributed by atoms with Crippen molar-refractivity contribution in [3.05, 3.63) is 29.8 Å².